The average molecular weight is 300 g/mol. The molecule has 0 aliphatic rings. The minimum absolute atomic E-state index is 0.356. The van der Waals surface area contributed by atoms with Crippen LogP contribution in [0.2, 0.25) is 5.02 Å². The summed E-state index contributed by atoms with van der Waals surface area (Å²) in [5.41, 5.74) is 1.99. The molecule has 114 valence electrons. The number of benzene rings is 1. The first-order valence-corrected chi connectivity index (χ1v) is 7.62. The van der Waals surface area contributed by atoms with Gasteiger partial charge in [0.15, 0.2) is 0 Å². The van der Waals surface area contributed by atoms with E-state index in [1.54, 1.807) is 0 Å². The molecule has 0 amide bonds. The van der Waals surface area contributed by atoms with Crippen LogP contribution in [0.15, 0.2) is 18.2 Å². The molecule has 0 aromatic heterocycles. The van der Waals surface area contributed by atoms with Gasteiger partial charge in [0.2, 0.25) is 0 Å². The molecule has 20 heavy (non-hydrogen) atoms. The van der Waals surface area contributed by atoms with Gasteiger partial charge >= 0.3 is 0 Å². The van der Waals surface area contributed by atoms with Crippen LogP contribution in [0.5, 0.6) is 0 Å². The molecule has 1 aromatic carbocycles. The van der Waals surface area contributed by atoms with Crippen molar-refractivity contribution in [1.82, 2.24) is 0 Å². The van der Waals surface area contributed by atoms with Gasteiger partial charge in [0.05, 0.1) is 23.4 Å². The van der Waals surface area contributed by atoms with Crippen molar-refractivity contribution in [3.05, 3.63) is 28.8 Å². The topological polar surface area (TPSA) is 41.5 Å². The first-order chi connectivity index (χ1) is 9.49. The lowest BCUT2D eigenvalue weighted by Gasteiger charge is -2.14. The molecule has 0 spiro atoms. The molecule has 1 unspecified atom stereocenters. The van der Waals surface area contributed by atoms with Crippen LogP contribution in [-0.2, 0) is 4.74 Å². The summed E-state index contributed by atoms with van der Waals surface area (Å²) in [7, 11) is 0. The smallest absolute Gasteiger partial charge is 0.0945 e. The monoisotopic (exact) mass is 299 g/mol. The van der Waals surface area contributed by atoms with Crippen LogP contribution in [0.4, 0.5) is 5.69 Å². The van der Waals surface area contributed by atoms with Crippen LogP contribution < -0.4 is 5.32 Å². The summed E-state index contributed by atoms with van der Waals surface area (Å²) in [6, 6.07) is 5.79. The number of aliphatic hydroxyl groups is 1. The number of aryl methyl sites for hydroxylation is 1. The van der Waals surface area contributed by atoms with E-state index in [2.05, 4.69) is 19.2 Å². The lowest BCUT2D eigenvalue weighted by Crippen LogP contribution is -2.25. The Morgan fingerprint density at radius 3 is 2.80 bits per heavy atom. The molecule has 0 saturated heterocycles. The quantitative estimate of drug-likeness (QED) is 0.680. The average Bonchev–Trinajstić information content (AvgIpc) is 2.39. The highest BCUT2D eigenvalue weighted by Crippen LogP contribution is 2.22. The van der Waals surface area contributed by atoms with Crippen LogP contribution >= 0.6 is 11.6 Å². The van der Waals surface area contributed by atoms with E-state index >= 15 is 0 Å². The van der Waals surface area contributed by atoms with Gasteiger partial charge in [0.1, 0.15) is 0 Å². The number of anilines is 1. The molecule has 1 rings (SSSR count). The molecule has 4 heteroatoms. The third-order valence-electron chi connectivity index (χ3n) is 3.03. The predicted molar refractivity (Wildman–Crippen MR) is 85.6 cm³/mol. The van der Waals surface area contributed by atoms with Gasteiger partial charge < -0.3 is 15.2 Å². The second-order valence-corrected chi connectivity index (χ2v) is 6.04. The Hall–Kier alpha value is -0.770. The number of ether oxygens (including phenoxy) is 1. The number of aliphatic hydroxyl groups excluding tert-OH is 1. The van der Waals surface area contributed by atoms with Crippen molar-refractivity contribution in [3.63, 3.8) is 0 Å². The SMILES string of the molecule is Cc1ccc(Cl)c(NCC(O)COCCCC(C)C)c1. The van der Waals surface area contributed by atoms with Gasteiger partial charge in [-0.25, -0.2) is 0 Å². The number of hydrogen-bond donors (Lipinski definition) is 2. The Bertz CT molecular complexity index is 396. The van der Waals surface area contributed by atoms with Crippen molar-refractivity contribution in [2.45, 2.75) is 39.7 Å². The zero-order chi connectivity index (χ0) is 15.0. The van der Waals surface area contributed by atoms with Gasteiger partial charge in [-0.1, -0.05) is 31.5 Å². The van der Waals surface area contributed by atoms with Crippen molar-refractivity contribution in [1.29, 1.82) is 0 Å². The van der Waals surface area contributed by atoms with E-state index in [1.165, 1.54) is 0 Å². The standard InChI is InChI=1S/C16H26ClNO2/c1-12(2)5-4-8-20-11-14(19)10-18-16-9-13(3)6-7-15(16)17/h6-7,9,12,14,18-19H,4-5,8,10-11H2,1-3H3. The molecule has 1 aromatic rings. The van der Waals surface area contributed by atoms with Crippen molar-refractivity contribution in [2.24, 2.45) is 5.92 Å². The van der Waals surface area contributed by atoms with Crippen LogP contribution in [0.3, 0.4) is 0 Å². The Balaban J connectivity index is 2.19. The highest BCUT2D eigenvalue weighted by Gasteiger charge is 2.06. The number of hydrogen-bond acceptors (Lipinski definition) is 3. The van der Waals surface area contributed by atoms with Gasteiger partial charge in [-0.05, 0) is 43.4 Å². The van der Waals surface area contributed by atoms with Crippen LogP contribution in [-0.4, -0.2) is 31.0 Å². The lowest BCUT2D eigenvalue weighted by atomic mass is 10.1. The largest absolute Gasteiger partial charge is 0.389 e. The highest BCUT2D eigenvalue weighted by atomic mass is 35.5. The number of nitrogens with one attached hydrogen (secondary N) is 1. The molecular formula is C16H26ClNO2. The Morgan fingerprint density at radius 2 is 2.10 bits per heavy atom. The first-order valence-electron chi connectivity index (χ1n) is 7.25. The fourth-order valence-corrected chi connectivity index (χ4v) is 2.06. The second-order valence-electron chi connectivity index (χ2n) is 5.63. The fraction of sp³-hybridized carbons (Fsp3) is 0.625. The van der Waals surface area contributed by atoms with Crippen molar-refractivity contribution >= 4 is 17.3 Å². The lowest BCUT2D eigenvalue weighted by molar-refractivity contribution is 0.0409. The third-order valence-corrected chi connectivity index (χ3v) is 3.36. The Labute approximate surface area is 127 Å². The van der Waals surface area contributed by atoms with E-state index in [-0.39, 0.29) is 0 Å². The summed E-state index contributed by atoms with van der Waals surface area (Å²) in [5, 5.41) is 13.7. The fourth-order valence-electron chi connectivity index (χ4n) is 1.87. The Morgan fingerprint density at radius 1 is 1.35 bits per heavy atom. The number of rotatable bonds is 9. The van der Waals surface area contributed by atoms with Gasteiger partial charge in [-0.2, -0.15) is 0 Å². The van der Waals surface area contributed by atoms with Crippen molar-refractivity contribution < 1.29 is 9.84 Å². The molecule has 0 aliphatic carbocycles. The first kappa shape index (κ1) is 17.3. The molecule has 0 bridgehead atoms. The maximum Gasteiger partial charge on any atom is 0.0945 e. The molecule has 0 saturated carbocycles. The van der Waals surface area contributed by atoms with Gasteiger partial charge in [-0.15, -0.1) is 0 Å². The van der Waals surface area contributed by atoms with Crippen LogP contribution in [0.1, 0.15) is 32.3 Å². The van der Waals surface area contributed by atoms with E-state index in [4.69, 9.17) is 16.3 Å². The predicted octanol–water partition coefficient (Wildman–Crippen LogP) is 3.87. The Kier molecular flexibility index (Phi) is 7.97. The maximum atomic E-state index is 9.85. The second kappa shape index (κ2) is 9.22. The highest BCUT2D eigenvalue weighted by molar-refractivity contribution is 6.33. The zero-order valence-corrected chi connectivity index (χ0v) is 13.4. The van der Waals surface area contributed by atoms with Crippen LogP contribution in [0.25, 0.3) is 0 Å². The van der Waals surface area contributed by atoms with E-state index in [1.807, 2.05) is 25.1 Å². The molecule has 3 nitrogen and oxygen atoms in total. The van der Waals surface area contributed by atoms with Gasteiger partial charge in [-0.3, -0.25) is 0 Å². The van der Waals surface area contributed by atoms with E-state index < -0.39 is 6.10 Å². The van der Waals surface area contributed by atoms with Gasteiger partial charge in [0.25, 0.3) is 0 Å². The summed E-state index contributed by atoms with van der Waals surface area (Å²) in [4.78, 5) is 0. The van der Waals surface area contributed by atoms with E-state index in [0.717, 1.165) is 24.1 Å². The molecule has 0 fully saturated rings. The summed E-state index contributed by atoms with van der Waals surface area (Å²) in [5.74, 6) is 0.702. The van der Waals surface area contributed by atoms with Crippen LogP contribution in [0, 0.1) is 12.8 Å². The maximum absolute atomic E-state index is 9.85. The van der Waals surface area contributed by atoms with Crippen molar-refractivity contribution in [3.8, 4) is 0 Å². The molecule has 1 atom stereocenters. The zero-order valence-electron chi connectivity index (χ0n) is 12.7. The number of halogens is 1. The normalized spacial score (nSPS) is 12.7. The molecule has 2 N–H and O–H groups in total. The summed E-state index contributed by atoms with van der Waals surface area (Å²) in [6.45, 7) is 7.91. The molecule has 0 aliphatic heterocycles. The molecule has 0 heterocycles. The van der Waals surface area contributed by atoms with Crippen molar-refractivity contribution in [2.75, 3.05) is 25.1 Å². The third kappa shape index (κ3) is 7.13. The van der Waals surface area contributed by atoms with Gasteiger partial charge in [0, 0.05) is 13.2 Å². The molecule has 0 radical (unpaired) electrons. The molecular weight excluding hydrogens is 274 g/mol. The van der Waals surface area contributed by atoms with E-state index in [9.17, 15) is 5.11 Å². The summed E-state index contributed by atoms with van der Waals surface area (Å²) < 4.78 is 5.47. The minimum atomic E-state index is -0.523. The summed E-state index contributed by atoms with van der Waals surface area (Å²) >= 11 is 6.08. The minimum Gasteiger partial charge on any atom is -0.389 e. The van der Waals surface area contributed by atoms with E-state index in [0.29, 0.717) is 30.7 Å². The summed E-state index contributed by atoms with van der Waals surface area (Å²) in [6.07, 6.45) is 1.68.